The molecule has 0 atom stereocenters. The van der Waals surface area contributed by atoms with Crippen molar-refractivity contribution in [3.8, 4) is 0 Å². The van der Waals surface area contributed by atoms with Crippen molar-refractivity contribution >= 4 is 11.5 Å². The Morgan fingerprint density at radius 2 is 1.89 bits per heavy atom. The summed E-state index contributed by atoms with van der Waals surface area (Å²) >= 11 is 0. The van der Waals surface area contributed by atoms with Crippen LogP contribution in [0.25, 0.3) is 0 Å². The lowest BCUT2D eigenvalue weighted by molar-refractivity contribution is 0.264. The van der Waals surface area contributed by atoms with Gasteiger partial charge in [-0.25, -0.2) is 0 Å². The average Bonchev–Trinajstić information content (AvgIpc) is 2.40. The number of nitrogens with two attached hydrogens (primary N) is 1. The SMILES string of the molecule is Cc1cccc(N2CCN(CCC(=N)N)CC2)c1C. The van der Waals surface area contributed by atoms with Crippen LogP contribution in [0.5, 0.6) is 0 Å². The Bertz CT molecular complexity index is 447. The summed E-state index contributed by atoms with van der Waals surface area (Å²) in [6.07, 6.45) is 0.684. The molecule has 0 spiro atoms. The van der Waals surface area contributed by atoms with Crippen LogP contribution in [0.1, 0.15) is 17.5 Å². The lowest BCUT2D eigenvalue weighted by Gasteiger charge is -2.37. The van der Waals surface area contributed by atoms with Crippen LogP contribution in [-0.4, -0.2) is 43.5 Å². The minimum absolute atomic E-state index is 0.289. The van der Waals surface area contributed by atoms with E-state index in [1.807, 2.05) is 0 Å². The van der Waals surface area contributed by atoms with Crippen molar-refractivity contribution in [2.75, 3.05) is 37.6 Å². The Balaban J connectivity index is 1.92. The maximum atomic E-state index is 7.28. The fraction of sp³-hybridized carbons (Fsp3) is 0.533. The normalized spacial score (nSPS) is 16.6. The van der Waals surface area contributed by atoms with Crippen LogP contribution < -0.4 is 10.6 Å². The number of piperazine rings is 1. The standard InChI is InChI=1S/C15H24N4/c1-12-4-3-5-14(13(12)2)19-10-8-18(9-11-19)7-6-15(16)17/h3-5H,6-11H2,1-2H3,(H3,16,17). The van der Waals surface area contributed by atoms with Gasteiger partial charge in [-0.05, 0) is 31.0 Å². The molecule has 0 aromatic heterocycles. The van der Waals surface area contributed by atoms with Crippen LogP contribution in [0.3, 0.4) is 0 Å². The summed E-state index contributed by atoms with van der Waals surface area (Å²) in [5.41, 5.74) is 9.52. The molecule has 4 heteroatoms. The van der Waals surface area contributed by atoms with Gasteiger partial charge in [-0.2, -0.15) is 0 Å². The molecule has 1 aromatic rings. The van der Waals surface area contributed by atoms with E-state index in [0.717, 1.165) is 32.7 Å². The third-order valence-corrected chi connectivity index (χ3v) is 3.99. The highest BCUT2D eigenvalue weighted by Gasteiger charge is 2.18. The van der Waals surface area contributed by atoms with Gasteiger partial charge in [0.15, 0.2) is 0 Å². The van der Waals surface area contributed by atoms with Crippen LogP contribution >= 0.6 is 0 Å². The predicted molar refractivity (Wildman–Crippen MR) is 81.1 cm³/mol. The molecule has 1 saturated heterocycles. The second kappa shape index (κ2) is 6.06. The molecule has 1 aliphatic heterocycles. The average molecular weight is 260 g/mol. The van der Waals surface area contributed by atoms with Crippen LogP contribution in [0.2, 0.25) is 0 Å². The van der Waals surface area contributed by atoms with Gasteiger partial charge in [0.25, 0.3) is 0 Å². The van der Waals surface area contributed by atoms with E-state index in [1.54, 1.807) is 0 Å². The number of nitrogens with one attached hydrogen (secondary N) is 1. The van der Waals surface area contributed by atoms with Gasteiger partial charge in [0.05, 0.1) is 5.84 Å². The minimum Gasteiger partial charge on any atom is -0.388 e. The van der Waals surface area contributed by atoms with Gasteiger partial charge in [-0.15, -0.1) is 0 Å². The van der Waals surface area contributed by atoms with Gasteiger partial charge in [-0.3, -0.25) is 10.3 Å². The van der Waals surface area contributed by atoms with E-state index in [4.69, 9.17) is 11.1 Å². The molecule has 1 fully saturated rings. The van der Waals surface area contributed by atoms with Crippen LogP contribution in [0.15, 0.2) is 18.2 Å². The summed E-state index contributed by atoms with van der Waals surface area (Å²) in [6, 6.07) is 6.52. The van der Waals surface area contributed by atoms with Gasteiger partial charge < -0.3 is 10.6 Å². The molecule has 0 amide bonds. The summed E-state index contributed by atoms with van der Waals surface area (Å²) in [5.74, 6) is 0.289. The van der Waals surface area contributed by atoms with Crippen molar-refractivity contribution < 1.29 is 0 Å². The number of anilines is 1. The van der Waals surface area contributed by atoms with E-state index in [2.05, 4.69) is 41.8 Å². The van der Waals surface area contributed by atoms with Gasteiger partial charge in [0.1, 0.15) is 0 Å². The minimum atomic E-state index is 0.289. The maximum Gasteiger partial charge on any atom is 0.0918 e. The summed E-state index contributed by atoms with van der Waals surface area (Å²) < 4.78 is 0. The Labute approximate surface area is 115 Å². The number of rotatable bonds is 4. The molecule has 19 heavy (non-hydrogen) atoms. The molecule has 0 aliphatic carbocycles. The molecule has 0 saturated carbocycles. The van der Waals surface area contributed by atoms with Crippen molar-refractivity contribution in [3.05, 3.63) is 29.3 Å². The maximum absolute atomic E-state index is 7.28. The smallest absolute Gasteiger partial charge is 0.0918 e. The summed E-state index contributed by atoms with van der Waals surface area (Å²) in [4.78, 5) is 4.86. The van der Waals surface area contributed by atoms with E-state index in [1.165, 1.54) is 16.8 Å². The van der Waals surface area contributed by atoms with E-state index < -0.39 is 0 Å². The van der Waals surface area contributed by atoms with E-state index in [9.17, 15) is 0 Å². The molecular weight excluding hydrogens is 236 g/mol. The molecule has 1 heterocycles. The lowest BCUT2D eigenvalue weighted by atomic mass is 10.1. The molecule has 104 valence electrons. The molecule has 3 N–H and O–H groups in total. The first-order valence-corrected chi connectivity index (χ1v) is 6.94. The summed E-state index contributed by atoms with van der Waals surface area (Å²) in [5, 5.41) is 7.28. The van der Waals surface area contributed by atoms with Crippen LogP contribution in [0, 0.1) is 19.3 Å². The molecule has 1 aliphatic rings. The summed E-state index contributed by atoms with van der Waals surface area (Å²) in [6.45, 7) is 9.51. The quantitative estimate of drug-likeness (QED) is 0.640. The van der Waals surface area contributed by atoms with Gasteiger partial charge in [-0.1, -0.05) is 12.1 Å². The van der Waals surface area contributed by atoms with E-state index in [-0.39, 0.29) is 5.84 Å². The Hall–Kier alpha value is -1.55. The highest BCUT2D eigenvalue weighted by molar-refractivity contribution is 5.76. The molecule has 4 nitrogen and oxygen atoms in total. The van der Waals surface area contributed by atoms with Crippen molar-refractivity contribution in [1.29, 1.82) is 5.41 Å². The zero-order valence-corrected chi connectivity index (χ0v) is 11.9. The molecule has 0 radical (unpaired) electrons. The Morgan fingerprint density at radius 1 is 1.21 bits per heavy atom. The fourth-order valence-electron chi connectivity index (χ4n) is 2.57. The number of amidine groups is 1. The lowest BCUT2D eigenvalue weighted by Crippen LogP contribution is -2.47. The first-order chi connectivity index (χ1) is 9.08. The first-order valence-electron chi connectivity index (χ1n) is 6.94. The fourth-order valence-corrected chi connectivity index (χ4v) is 2.57. The number of aryl methyl sites for hydroxylation is 1. The largest absolute Gasteiger partial charge is 0.388 e. The second-order valence-corrected chi connectivity index (χ2v) is 5.32. The Morgan fingerprint density at radius 3 is 2.53 bits per heavy atom. The van der Waals surface area contributed by atoms with E-state index in [0.29, 0.717) is 6.42 Å². The molecule has 2 rings (SSSR count). The zero-order valence-electron chi connectivity index (χ0n) is 11.9. The zero-order chi connectivity index (χ0) is 13.8. The monoisotopic (exact) mass is 260 g/mol. The van der Waals surface area contributed by atoms with Crippen LogP contribution in [0.4, 0.5) is 5.69 Å². The van der Waals surface area contributed by atoms with Crippen molar-refractivity contribution in [1.82, 2.24) is 4.90 Å². The van der Waals surface area contributed by atoms with E-state index >= 15 is 0 Å². The van der Waals surface area contributed by atoms with Crippen molar-refractivity contribution in [3.63, 3.8) is 0 Å². The van der Waals surface area contributed by atoms with Gasteiger partial charge in [0, 0.05) is 44.8 Å². The first kappa shape index (κ1) is 13.9. The van der Waals surface area contributed by atoms with Crippen molar-refractivity contribution in [2.45, 2.75) is 20.3 Å². The second-order valence-electron chi connectivity index (χ2n) is 5.32. The predicted octanol–water partition coefficient (Wildman–Crippen LogP) is 1.75. The number of hydrogen-bond acceptors (Lipinski definition) is 3. The third-order valence-electron chi connectivity index (χ3n) is 3.99. The highest BCUT2D eigenvalue weighted by Crippen LogP contribution is 2.23. The van der Waals surface area contributed by atoms with Gasteiger partial charge >= 0.3 is 0 Å². The molecule has 0 unspecified atom stereocenters. The summed E-state index contributed by atoms with van der Waals surface area (Å²) in [7, 11) is 0. The molecule has 0 bridgehead atoms. The number of nitrogens with zero attached hydrogens (tertiary/aromatic N) is 2. The number of hydrogen-bond donors (Lipinski definition) is 2. The molecular formula is C15H24N4. The van der Waals surface area contributed by atoms with Crippen molar-refractivity contribution in [2.24, 2.45) is 5.73 Å². The van der Waals surface area contributed by atoms with Crippen LogP contribution in [-0.2, 0) is 0 Å². The van der Waals surface area contributed by atoms with Gasteiger partial charge in [0.2, 0.25) is 0 Å². The number of benzene rings is 1. The third kappa shape index (κ3) is 3.47. The topological polar surface area (TPSA) is 56.4 Å². The molecule has 1 aromatic carbocycles. The Kier molecular flexibility index (Phi) is 4.43. The highest BCUT2D eigenvalue weighted by atomic mass is 15.3.